The van der Waals surface area contributed by atoms with Crippen LogP contribution in [0.5, 0.6) is 0 Å². The summed E-state index contributed by atoms with van der Waals surface area (Å²) < 4.78 is 10.6. The average molecular weight is 228 g/mol. The minimum absolute atomic E-state index is 0.575. The topological polar surface area (TPSA) is 33.7 Å². The maximum absolute atomic E-state index is 5.33. The number of hydrogen-bond donors (Lipinski definition) is 1. The van der Waals surface area contributed by atoms with E-state index in [1.165, 1.54) is 12.8 Å². The van der Waals surface area contributed by atoms with Gasteiger partial charge in [0, 0.05) is 39.3 Å². The minimum atomic E-state index is 0.575. The fraction of sp³-hybridized carbons (Fsp3) is 1.00. The van der Waals surface area contributed by atoms with Crippen LogP contribution in [0.2, 0.25) is 0 Å². The van der Waals surface area contributed by atoms with E-state index in [0.29, 0.717) is 6.04 Å². The second-order valence-electron chi connectivity index (χ2n) is 4.81. The molecule has 0 amide bonds. The molecule has 4 nitrogen and oxygen atoms in total. The summed E-state index contributed by atoms with van der Waals surface area (Å²) in [5.74, 6) is 0.865. The molecule has 1 aliphatic carbocycles. The largest absolute Gasteiger partial charge is 0.383 e. The zero-order valence-electron chi connectivity index (χ0n) is 10.3. The maximum atomic E-state index is 5.33. The summed E-state index contributed by atoms with van der Waals surface area (Å²) >= 11 is 0. The number of methoxy groups -OCH3 is 1. The SMILES string of the molecule is COCC(NCCN1CCOCC1)C1CC1. The highest BCUT2D eigenvalue weighted by molar-refractivity contribution is 4.86. The first-order valence-corrected chi connectivity index (χ1v) is 6.42. The molecule has 2 rings (SSSR count). The van der Waals surface area contributed by atoms with Crippen LogP contribution in [0.3, 0.4) is 0 Å². The van der Waals surface area contributed by atoms with Gasteiger partial charge in [-0.1, -0.05) is 0 Å². The Kier molecular flexibility index (Phi) is 5.03. The van der Waals surface area contributed by atoms with E-state index in [9.17, 15) is 0 Å². The van der Waals surface area contributed by atoms with Crippen molar-refractivity contribution in [1.82, 2.24) is 10.2 Å². The molecular formula is C12H24N2O2. The number of morpholine rings is 1. The van der Waals surface area contributed by atoms with Gasteiger partial charge in [0.25, 0.3) is 0 Å². The second-order valence-corrected chi connectivity index (χ2v) is 4.81. The van der Waals surface area contributed by atoms with Crippen LogP contribution in [0.15, 0.2) is 0 Å². The zero-order valence-corrected chi connectivity index (χ0v) is 10.3. The van der Waals surface area contributed by atoms with Gasteiger partial charge in [-0.05, 0) is 18.8 Å². The van der Waals surface area contributed by atoms with E-state index in [4.69, 9.17) is 9.47 Å². The van der Waals surface area contributed by atoms with Crippen molar-refractivity contribution in [2.45, 2.75) is 18.9 Å². The van der Waals surface area contributed by atoms with E-state index in [-0.39, 0.29) is 0 Å². The Morgan fingerprint density at radius 1 is 1.38 bits per heavy atom. The van der Waals surface area contributed by atoms with Gasteiger partial charge in [0.2, 0.25) is 0 Å². The van der Waals surface area contributed by atoms with Crippen molar-refractivity contribution >= 4 is 0 Å². The van der Waals surface area contributed by atoms with Gasteiger partial charge in [0.05, 0.1) is 19.8 Å². The van der Waals surface area contributed by atoms with Crippen molar-refractivity contribution in [1.29, 1.82) is 0 Å². The lowest BCUT2D eigenvalue weighted by Crippen LogP contribution is -2.43. The molecule has 1 unspecified atom stereocenters. The van der Waals surface area contributed by atoms with E-state index in [1.807, 2.05) is 0 Å². The fourth-order valence-corrected chi connectivity index (χ4v) is 2.27. The number of nitrogens with zero attached hydrogens (tertiary/aromatic N) is 1. The first kappa shape index (κ1) is 12.3. The first-order valence-electron chi connectivity index (χ1n) is 6.42. The number of rotatable bonds is 7. The lowest BCUT2D eigenvalue weighted by atomic mass is 10.2. The molecular weight excluding hydrogens is 204 g/mol. The molecule has 16 heavy (non-hydrogen) atoms. The van der Waals surface area contributed by atoms with E-state index in [2.05, 4.69) is 10.2 Å². The summed E-state index contributed by atoms with van der Waals surface area (Å²) in [4.78, 5) is 2.47. The summed E-state index contributed by atoms with van der Waals surface area (Å²) in [5, 5.41) is 3.62. The predicted molar refractivity (Wildman–Crippen MR) is 63.6 cm³/mol. The Bertz CT molecular complexity index is 191. The summed E-state index contributed by atoms with van der Waals surface area (Å²) in [7, 11) is 1.79. The van der Waals surface area contributed by atoms with Crippen LogP contribution in [-0.4, -0.2) is 64.1 Å². The highest BCUT2D eigenvalue weighted by Crippen LogP contribution is 2.32. The molecule has 0 spiro atoms. The van der Waals surface area contributed by atoms with Crippen molar-refractivity contribution in [2.75, 3.05) is 53.1 Å². The van der Waals surface area contributed by atoms with Gasteiger partial charge in [-0.15, -0.1) is 0 Å². The second kappa shape index (κ2) is 6.55. The lowest BCUT2D eigenvalue weighted by Gasteiger charge is -2.27. The summed E-state index contributed by atoms with van der Waals surface area (Å²) in [6.45, 7) is 7.02. The molecule has 0 aromatic heterocycles. The molecule has 0 aromatic carbocycles. The molecule has 0 radical (unpaired) electrons. The molecule has 1 aliphatic heterocycles. The van der Waals surface area contributed by atoms with Crippen LogP contribution in [0.4, 0.5) is 0 Å². The molecule has 1 saturated carbocycles. The van der Waals surface area contributed by atoms with Crippen LogP contribution < -0.4 is 5.32 Å². The third-order valence-corrected chi connectivity index (χ3v) is 3.48. The van der Waals surface area contributed by atoms with E-state index in [1.54, 1.807) is 7.11 Å². The molecule has 2 aliphatic rings. The van der Waals surface area contributed by atoms with Gasteiger partial charge in [-0.25, -0.2) is 0 Å². The lowest BCUT2D eigenvalue weighted by molar-refractivity contribution is 0.0375. The highest BCUT2D eigenvalue weighted by atomic mass is 16.5. The molecule has 1 N–H and O–H groups in total. The molecule has 1 heterocycles. The highest BCUT2D eigenvalue weighted by Gasteiger charge is 2.30. The van der Waals surface area contributed by atoms with Gasteiger partial charge >= 0.3 is 0 Å². The fourth-order valence-electron chi connectivity index (χ4n) is 2.27. The van der Waals surface area contributed by atoms with E-state index < -0.39 is 0 Å². The molecule has 1 atom stereocenters. The van der Waals surface area contributed by atoms with Crippen molar-refractivity contribution < 1.29 is 9.47 Å². The van der Waals surface area contributed by atoms with E-state index in [0.717, 1.165) is 51.9 Å². The van der Waals surface area contributed by atoms with Crippen molar-refractivity contribution in [3.63, 3.8) is 0 Å². The standard InChI is InChI=1S/C12H24N2O2/c1-15-10-12(11-2-3-11)13-4-5-14-6-8-16-9-7-14/h11-13H,2-10H2,1H3. The quantitative estimate of drug-likeness (QED) is 0.681. The number of hydrogen-bond acceptors (Lipinski definition) is 4. The van der Waals surface area contributed by atoms with Gasteiger partial charge in [0.15, 0.2) is 0 Å². The summed E-state index contributed by atoms with van der Waals surface area (Å²) in [6.07, 6.45) is 2.75. The minimum Gasteiger partial charge on any atom is -0.383 e. The Morgan fingerprint density at radius 2 is 2.12 bits per heavy atom. The number of ether oxygens (including phenoxy) is 2. The molecule has 0 aromatic rings. The third-order valence-electron chi connectivity index (χ3n) is 3.48. The van der Waals surface area contributed by atoms with E-state index >= 15 is 0 Å². The maximum Gasteiger partial charge on any atom is 0.0618 e. The third kappa shape index (κ3) is 4.01. The van der Waals surface area contributed by atoms with Crippen LogP contribution in [0, 0.1) is 5.92 Å². The molecule has 1 saturated heterocycles. The van der Waals surface area contributed by atoms with Gasteiger partial charge in [-0.2, -0.15) is 0 Å². The summed E-state index contributed by atoms with van der Waals surface area (Å²) in [5.41, 5.74) is 0. The molecule has 2 fully saturated rings. The van der Waals surface area contributed by atoms with Crippen molar-refractivity contribution in [3.05, 3.63) is 0 Å². The molecule has 0 bridgehead atoms. The number of nitrogens with one attached hydrogen (secondary N) is 1. The molecule has 4 heteroatoms. The Balaban J connectivity index is 1.57. The first-order chi connectivity index (χ1) is 7.90. The average Bonchev–Trinajstić information content (AvgIpc) is 3.13. The van der Waals surface area contributed by atoms with Crippen LogP contribution in [0.25, 0.3) is 0 Å². The smallest absolute Gasteiger partial charge is 0.0618 e. The Hall–Kier alpha value is -0.160. The molecule has 94 valence electrons. The van der Waals surface area contributed by atoms with Crippen LogP contribution in [-0.2, 0) is 9.47 Å². The van der Waals surface area contributed by atoms with Gasteiger partial charge in [-0.3, -0.25) is 4.90 Å². The Labute approximate surface area is 98.3 Å². The summed E-state index contributed by atoms with van der Waals surface area (Å²) in [6, 6.07) is 0.575. The Morgan fingerprint density at radius 3 is 2.75 bits per heavy atom. The normalized spacial score (nSPS) is 24.6. The predicted octanol–water partition coefficient (Wildman–Crippen LogP) is 0.333. The van der Waals surface area contributed by atoms with Crippen LogP contribution in [0.1, 0.15) is 12.8 Å². The van der Waals surface area contributed by atoms with Gasteiger partial charge in [0.1, 0.15) is 0 Å². The van der Waals surface area contributed by atoms with Gasteiger partial charge < -0.3 is 14.8 Å². The zero-order chi connectivity index (χ0) is 11.2. The monoisotopic (exact) mass is 228 g/mol. The van der Waals surface area contributed by atoms with Crippen molar-refractivity contribution in [3.8, 4) is 0 Å². The van der Waals surface area contributed by atoms with Crippen molar-refractivity contribution in [2.24, 2.45) is 5.92 Å². The van der Waals surface area contributed by atoms with Crippen LogP contribution >= 0.6 is 0 Å².